The van der Waals surface area contributed by atoms with Gasteiger partial charge in [-0.25, -0.2) is 9.59 Å². The number of primary amides is 1. The number of carbonyl (C=O) groups is 3. The predicted molar refractivity (Wildman–Crippen MR) is 97.7 cm³/mol. The van der Waals surface area contributed by atoms with E-state index in [9.17, 15) is 19.5 Å². The molecular weight excluding hydrogens is 336 g/mol. The van der Waals surface area contributed by atoms with Crippen molar-refractivity contribution in [3.8, 4) is 0 Å². The van der Waals surface area contributed by atoms with Gasteiger partial charge in [-0.2, -0.15) is 0 Å². The minimum absolute atomic E-state index is 0.182. The van der Waals surface area contributed by atoms with Crippen molar-refractivity contribution < 1.29 is 19.5 Å². The van der Waals surface area contributed by atoms with E-state index in [1.807, 2.05) is 35.9 Å². The van der Waals surface area contributed by atoms with Crippen LogP contribution >= 0.6 is 0 Å². The van der Waals surface area contributed by atoms with Crippen molar-refractivity contribution in [3.05, 3.63) is 36.0 Å². The molecule has 3 amide bonds. The molecule has 8 heteroatoms. The fraction of sp³-hybridized carbons (Fsp3) is 0.389. The van der Waals surface area contributed by atoms with Gasteiger partial charge in [0.05, 0.1) is 0 Å². The minimum Gasteiger partial charge on any atom is -0.480 e. The summed E-state index contributed by atoms with van der Waals surface area (Å²) < 4.78 is 1.97. The fourth-order valence-corrected chi connectivity index (χ4v) is 2.78. The Morgan fingerprint density at radius 1 is 1.27 bits per heavy atom. The molecular formula is C18H24N4O4. The molecule has 1 aromatic carbocycles. The van der Waals surface area contributed by atoms with Gasteiger partial charge in [0.25, 0.3) is 0 Å². The largest absolute Gasteiger partial charge is 0.480 e. The molecule has 8 nitrogen and oxygen atoms in total. The second-order valence-electron chi connectivity index (χ2n) is 6.21. The molecule has 1 heterocycles. The van der Waals surface area contributed by atoms with Crippen LogP contribution in [0.4, 0.5) is 4.79 Å². The average molecular weight is 360 g/mol. The molecule has 0 aliphatic heterocycles. The molecule has 0 saturated carbocycles. The number of nitrogens with zero attached hydrogens (tertiary/aromatic N) is 1. The van der Waals surface area contributed by atoms with E-state index in [2.05, 4.69) is 16.7 Å². The van der Waals surface area contributed by atoms with Crippen molar-refractivity contribution in [1.82, 2.24) is 15.2 Å². The van der Waals surface area contributed by atoms with Gasteiger partial charge in [-0.3, -0.25) is 4.79 Å². The third kappa shape index (κ3) is 5.51. The number of rotatable bonds is 9. The van der Waals surface area contributed by atoms with E-state index in [0.29, 0.717) is 13.0 Å². The number of benzene rings is 1. The summed E-state index contributed by atoms with van der Waals surface area (Å²) >= 11 is 0. The molecule has 0 saturated heterocycles. The molecule has 26 heavy (non-hydrogen) atoms. The Bertz CT molecular complexity index is 800. The number of carboxylic acid groups (broad SMARTS) is 1. The second-order valence-corrected chi connectivity index (χ2v) is 6.21. The quantitative estimate of drug-likeness (QED) is 0.504. The maximum absolute atomic E-state index is 12.1. The van der Waals surface area contributed by atoms with Crippen molar-refractivity contribution in [1.29, 1.82) is 0 Å². The second kappa shape index (κ2) is 8.89. The molecule has 2 aromatic rings. The highest BCUT2D eigenvalue weighted by atomic mass is 16.4. The number of carboxylic acids is 1. The van der Waals surface area contributed by atoms with Crippen LogP contribution in [-0.4, -0.2) is 40.2 Å². The van der Waals surface area contributed by atoms with E-state index in [-0.39, 0.29) is 25.3 Å². The summed E-state index contributed by atoms with van der Waals surface area (Å²) in [6.45, 7) is 2.76. The normalized spacial score (nSPS) is 11.9. The zero-order valence-corrected chi connectivity index (χ0v) is 14.7. The first-order chi connectivity index (χ1) is 12.4. The summed E-state index contributed by atoms with van der Waals surface area (Å²) in [5.74, 6) is -1.42. The minimum atomic E-state index is -1.10. The van der Waals surface area contributed by atoms with Gasteiger partial charge in [0.2, 0.25) is 5.91 Å². The number of fused-ring (bicyclic) bond motifs is 1. The highest BCUT2D eigenvalue weighted by molar-refractivity contribution is 5.84. The van der Waals surface area contributed by atoms with Gasteiger partial charge in [-0.05, 0) is 43.4 Å². The highest BCUT2D eigenvalue weighted by Crippen LogP contribution is 2.17. The zero-order chi connectivity index (χ0) is 19.1. The number of aliphatic carboxylic acids is 1. The Morgan fingerprint density at radius 2 is 2.04 bits per heavy atom. The van der Waals surface area contributed by atoms with Crippen LogP contribution in [-0.2, 0) is 16.1 Å². The number of amides is 3. The Hall–Kier alpha value is -3.03. The van der Waals surface area contributed by atoms with E-state index in [1.165, 1.54) is 5.56 Å². The molecule has 1 atom stereocenters. The lowest BCUT2D eigenvalue weighted by atomic mass is 10.1. The number of nitrogens with two attached hydrogens (primary N) is 1. The van der Waals surface area contributed by atoms with Crippen LogP contribution in [0.15, 0.2) is 30.5 Å². The van der Waals surface area contributed by atoms with Gasteiger partial charge >= 0.3 is 12.0 Å². The first-order valence-corrected chi connectivity index (χ1v) is 8.48. The van der Waals surface area contributed by atoms with E-state index in [0.717, 1.165) is 10.9 Å². The van der Waals surface area contributed by atoms with Crippen LogP contribution in [0.3, 0.4) is 0 Å². The number of urea groups is 1. The number of aryl methyl sites for hydroxylation is 2. The van der Waals surface area contributed by atoms with Gasteiger partial charge in [-0.15, -0.1) is 0 Å². The predicted octanol–water partition coefficient (Wildman–Crippen LogP) is 1.36. The van der Waals surface area contributed by atoms with Crippen LogP contribution < -0.4 is 16.4 Å². The Labute approximate surface area is 151 Å². The van der Waals surface area contributed by atoms with Crippen molar-refractivity contribution in [2.24, 2.45) is 5.73 Å². The summed E-state index contributed by atoms with van der Waals surface area (Å²) in [4.78, 5) is 34.0. The Morgan fingerprint density at radius 3 is 2.73 bits per heavy atom. The first-order valence-electron chi connectivity index (χ1n) is 8.48. The number of nitrogens with one attached hydrogen (secondary N) is 2. The monoisotopic (exact) mass is 360 g/mol. The molecule has 5 N–H and O–H groups in total. The molecule has 0 aliphatic carbocycles. The summed E-state index contributed by atoms with van der Waals surface area (Å²) in [7, 11) is 0. The van der Waals surface area contributed by atoms with E-state index in [4.69, 9.17) is 5.73 Å². The zero-order valence-electron chi connectivity index (χ0n) is 14.7. The number of hydrogen-bond acceptors (Lipinski definition) is 3. The van der Waals surface area contributed by atoms with Crippen LogP contribution in [0.25, 0.3) is 10.9 Å². The molecule has 0 radical (unpaired) electrons. The summed E-state index contributed by atoms with van der Waals surface area (Å²) in [5.41, 5.74) is 7.15. The van der Waals surface area contributed by atoms with Crippen LogP contribution in [0.1, 0.15) is 24.8 Å². The summed E-state index contributed by atoms with van der Waals surface area (Å²) in [6, 6.07) is 6.45. The number of aromatic nitrogens is 1. The van der Waals surface area contributed by atoms with Gasteiger partial charge in [-0.1, -0.05) is 11.6 Å². The summed E-state index contributed by atoms with van der Waals surface area (Å²) in [5, 5.41) is 15.2. The SMILES string of the molecule is Cc1ccc2c(ccn2CCC(=O)N[C@H](CCCNC(N)=O)C(=O)O)c1. The third-order valence-corrected chi connectivity index (χ3v) is 4.11. The highest BCUT2D eigenvalue weighted by Gasteiger charge is 2.19. The Balaban J connectivity index is 1.85. The van der Waals surface area contributed by atoms with Crippen LogP contribution in [0.2, 0.25) is 0 Å². The molecule has 140 valence electrons. The molecule has 0 bridgehead atoms. The average Bonchev–Trinajstić information content (AvgIpc) is 2.97. The van der Waals surface area contributed by atoms with E-state index >= 15 is 0 Å². The van der Waals surface area contributed by atoms with Gasteiger partial charge in [0, 0.05) is 31.2 Å². The van der Waals surface area contributed by atoms with Crippen LogP contribution in [0, 0.1) is 6.92 Å². The summed E-state index contributed by atoms with van der Waals surface area (Å²) in [6.07, 6.45) is 2.72. The lowest BCUT2D eigenvalue weighted by Crippen LogP contribution is -2.41. The third-order valence-electron chi connectivity index (χ3n) is 4.11. The molecule has 1 aromatic heterocycles. The molecule has 2 rings (SSSR count). The standard InChI is InChI=1S/C18H24N4O4/c1-12-4-5-15-13(11-12)6-9-22(15)10-7-16(23)21-14(17(24)25)3-2-8-20-18(19)26/h4-6,9,11,14H,2-3,7-8,10H2,1H3,(H,21,23)(H,24,25)(H3,19,20,26)/t14-/m1/s1. The molecule has 0 fully saturated rings. The van der Waals surface area contributed by atoms with Crippen molar-refractivity contribution in [2.45, 2.75) is 38.8 Å². The first kappa shape index (κ1) is 19.3. The molecule has 0 aliphatic rings. The van der Waals surface area contributed by atoms with E-state index < -0.39 is 18.0 Å². The lowest BCUT2D eigenvalue weighted by Gasteiger charge is -2.15. The topological polar surface area (TPSA) is 126 Å². The molecule has 0 spiro atoms. The van der Waals surface area contributed by atoms with Crippen molar-refractivity contribution >= 4 is 28.8 Å². The molecule has 0 unspecified atom stereocenters. The van der Waals surface area contributed by atoms with Crippen molar-refractivity contribution in [2.75, 3.05) is 6.54 Å². The van der Waals surface area contributed by atoms with Crippen LogP contribution in [0.5, 0.6) is 0 Å². The van der Waals surface area contributed by atoms with Gasteiger partial charge in [0.15, 0.2) is 0 Å². The van der Waals surface area contributed by atoms with Crippen molar-refractivity contribution in [3.63, 3.8) is 0 Å². The number of carbonyl (C=O) groups excluding carboxylic acids is 2. The maximum atomic E-state index is 12.1. The fourth-order valence-electron chi connectivity index (χ4n) is 2.78. The smallest absolute Gasteiger partial charge is 0.326 e. The van der Waals surface area contributed by atoms with Gasteiger partial charge in [0.1, 0.15) is 6.04 Å². The maximum Gasteiger partial charge on any atom is 0.326 e. The lowest BCUT2D eigenvalue weighted by molar-refractivity contribution is -0.142. The Kier molecular flexibility index (Phi) is 6.60. The number of hydrogen-bond donors (Lipinski definition) is 4. The van der Waals surface area contributed by atoms with E-state index in [1.54, 1.807) is 0 Å². The van der Waals surface area contributed by atoms with Gasteiger partial charge < -0.3 is 26.0 Å².